The molecule has 10 heteroatoms. The number of nitrogens with one attached hydrogen (secondary N) is 1. The van der Waals surface area contributed by atoms with E-state index in [9.17, 15) is 9.59 Å². The number of aryl methyl sites for hydroxylation is 2. The molecule has 6 rings (SSSR count). The summed E-state index contributed by atoms with van der Waals surface area (Å²) >= 11 is 0. The topological polar surface area (TPSA) is 100 Å². The number of ether oxygens (including phenoxy) is 2. The number of carbonyl (C=O) groups is 2. The number of rotatable bonds is 8. The van der Waals surface area contributed by atoms with Crippen LogP contribution in [0.1, 0.15) is 93.4 Å². The van der Waals surface area contributed by atoms with E-state index in [-0.39, 0.29) is 29.2 Å². The fourth-order valence-electron chi connectivity index (χ4n) is 8.88. The Morgan fingerprint density at radius 3 is 2.27 bits per heavy atom. The van der Waals surface area contributed by atoms with Crippen molar-refractivity contribution in [1.82, 2.24) is 30.0 Å². The molecule has 5 saturated heterocycles. The molecular formula is C34H54N6O4. The molecule has 5 aliphatic heterocycles. The largest absolute Gasteiger partial charge is 0.442 e. The van der Waals surface area contributed by atoms with Gasteiger partial charge in [-0.05, 0) is 71.9 Å². The summed E-state index contributed by atoms with van der Waals surface area (Å²) in [6.45, 7) is 16.1. The van der Waals surface area contributed by atoms with Crippen LogP contribution in [0.2, 0.25) is 0 Å². The van der Waals surface area contributed by atoms with E-state index in [1.54, 1.807) is 0 Å². The highest BCUT2D eigenvalue weighted by Gasteiger charge is 2.54. The monoisotopic (exact) mass is 610 g/mol. The summed E-state index contributed by atoms with van der Waals surface area (Å²) < 4.78 is 12.3. The fraction of sp³-hybridized carbons (Fsp3) is 0.824. The zero-order chi connectivity index (χ0) is 30.9. The van der Waals surface area contributed by atoms with E-state index < -0.39 is 0 Å². The zero-order valence-electron chi connectivity index (χ0n) is 27.5. The molecule has 0 aromatic carbocycles. The summed E-state index contributed by atoms with van der Waals surface area (Å²) in [6, 6.07) is 0.224. The van der Waals surface area contributed by atoms with Crippen molar-refractivity contribution in [2.24, 2.45) is 17.8 Å². The highest BCUT2D eigenvalue weighted by atomic mass is 16.6. The average molecular weight is 611 g/mol. The first kappa shape index (κ1) is 31.7. The van der Waals surface area contributed by atoms with Crippen molar-refractivity contribution in [3.8, 4) is 0 Å². The molecule has 244 valence electrons. The van der Waals surface area contributed by atoms with Gasteiger partial charge in [-0.25, -0.2) is 14.8 Å². The number of aromatic nitrogens is 2. The number of nitrogens with zero attached hydrogens (tertiary/aromatic N) is 5. The number of likely N-dealkylation sites (tertiary alicyclic amines) is 2. The van der Waals surface area contributed by atoms with Gasteiger partial charge in [0.05, 0.1) is 30.2 Å². The van der Waals surface area contributed by atoms with Crippen molar-refractivity contribution in [3.63, 3.8) is 0 Å². The Morgan fingerprint density at radius 1 is 1.02 bits per heavy atom. The van der Waals surface area contributed by atoms with Crippen LogP contribution >= 0.6 is 0 Å². The SMILES string of the molecule is CCCC[C@H]1CN(C(C2CCNCC2)C2COC2)C(=O)OC12CCN(C1(C)CCN(C(=O)c3c(C)ncnc3C)CC1)CC2. The van der Waals surface area contributed by atoms with Crippen LogP contribution in [0.25, 0.3) is 0 Å². The highest BCUT2D eigenvalue weighted by molar-refractivity contribution is 5.96. The quantitative estimate of drug-likeness (QED) is 0.468. The summed E-state index contributed by atoms with van der Waals surface area (Å²) in [4.78, 5) is 42.6. The minimum atomic E-state index is -0.372. The fourth-order valence-corrected chi connectivity index (χ4v) is 8.88. The van der Waals surface area contributed by atoms with Crippen LogP contribution in [0.15, 0.2) is 6.33 Å². The lowest BCUT2D eigenvalue weighted by Crippen LogP contribution is -2.66. The first-order valence-corrected chi connectivity index (χ1v) is 17.4. The number of carbonyl (C=O) groups excluding carboxylic acids is 2. The molecule has 5 aliphatic rings. The molecule has 2 atom stereocenters. The Hall–Kier alpha value is -2.30. The number of piperidine rings is 3. The molecular weight excluding hydrogens is 556 g/mol. The van der Waals surface area contributed by atoms with Gasteiger partial charge in [0.2, 0.25) is 0 Å². The molecule has 1 aromatic heterocycles. The van der Waals surface area contributed by atoms with Gasteiger partial charge in [-0.2, -0.15) is 0 Å². The Bertz CT molecular complexity index is 1150. The summed E-state index contributed by atoms with van der Waals surface area (Å²) in [7, 11) is 0. The molecule has 1 aromatic rings. The van der Waals surface area contributed by atoms with Crippen molar-refractivity contribution in [2.45, 2.75) is 103 Å². The number of amides is 2. The van der Waals surface area contributed by atoms with Crippen molar-refractivity contribution >= 4 is 12.0 Å². The van der Waals surface area contributed by atoms with Crippen molar-refractivity contribution in [2.75, 3.05) is 59.0 Å². The van der Waals surface area contributed by atoms with Gasteiger partial charge >= 0.3 is 6.09 Å². The molecule has 1 spiro atoms. The summed E-state index contributed by atoms with van der Waals surface area (Å²) in [5.41, 5.74) is 1.80. The molecule has 0 saturated carbocycles. The van der Waals surface area contributed by atoms with E-state index in [1.807, 2.05) is 18.7 Å². The normalized spacial score (nSPS) is 27.2. The maximum atomic E-state index is 13.9. The smallest absolute Gasteiger partial charge is 0.410 e. The van der Waals surface area contributed by atoms with Crippen LogP contribution in [0.5, 0.6) is 0 Å². The summed E-state index contributed by atoms with van der Waals surface area (Å²) in [5.74, 6) is 1.35. The van der Waals surface area contributed by atoms with Crippen LogP contribution in [-0.4, -0.2) is 113 Å². The van der Waals surface area contributed by atoms with Gasteiger partial charge in [0.25, 0.3) is 5.91 Å². The van der Waals surface area contributed by atoms with Crippen LogP contribution in [0.4, 0.5) is 4.79 Å². The van der Waals surface area contributed by atoms with Crippen LogP contribution < -0.4 is 5.32 Å². The van der Waals surface area contributed by atoms with Gasteiger partial charge in [-0.3, -0.25) is 9.69 Å². The zero-order valence-corrected chi connectivity index (χ0v) is 27.5. The Morgan fingerprint density at radius 2 is 1.68 bits per heavy atom. The summed E-state index contributed by atoms with van der Waals surface area (Å²) in [5, 5.41) is 3.50. The van der Waals surface area contributed by atoms with E-state index in [0.717, 1.165) is 122 Å². The predicted molar refractivity (Wildman–Crippen MR) is 168 cm³/mol. The van der Waals surface area contributed by atoms with Gasteiger partial charge in [0.1, 0.15) is 11.9 Å². The van der Waals surface area contributed by atoms with E-state index in [0.29, 0.717) is 23.3 Å². The third-order valence-electron chi connectivity index (χ3n) is 11.9. The van der Waals surface area contributed by atoms with E-state index >= 15 is 0 Å². The second-order valence-electron chi connectivity index (χ2n) is 14.5. The van der Waals surface area contributed by atoms with Crippen LogP contribution in [-0.2, 0) is 9.47 Å². The van der Waals surface area contributed by atoms with Gasteiger partial charge in [-0.1, -0.05) is 19.8 Å². The lowest BCUT2D eigenvalue weighted by Gasteiger charge is -2.57. The van der Waals surface area contributed by atoms with Gasteiger partial charge in [0, 0.05) is 69.0 Å². The van der Waals surface area contributed by atoms with Crippen molar-refractivity contribution < 1.29 is 19.1 Å². The maximum absolute atomic E-state index is 13.9. The molecule has 0 radical (unpaired) electrons. The van der Waals surface area contributed by atoms with Crippen molar-refractivity contribution in [3.05, 3.63) is 23.3 Å². The minimum Gasteiger partial charge on any atom is -0.442 e. The van der Waals surface area contributed by atoms with Gasteiger partial charge in [-0.15, -0.1) is 0 Å². The van der Waals surface area contributed by atoms with Gasteiger partial charge in [0.15, 0.2) is 0 Å². The molecule has 5 fully saturated rings. The molecule has 1 unspecified atom stereocenters. The van der Waals surface area contributed by atoms with Crippen LogP contribution in [0.3, 0.4) is 0 Å². The van der Waals surface area contributed by atoms with Crippen LogP contribution in [0, 0.1) is 31.6 Å². The second kappa shape index (κ2) is 13.2. The third kappa shape index (κ3) is 6.10. The number of unbranched alkanes of at least 4 members (excludes halogenated alkanes) is 1. The molecule has 6 heterocycles. The van der Waals surface area contributed by atoms with Gasteiger partial charge < -0.3 is 24.6 Å². The standard InChI is InChI=1S/C34H54N6O4/c1-5-6-7-28-20-40(30(27-21-43-22-27)26-8-14-35-15-9-26)32(42)44-34(28)12-18-39(19-13-34)33(4)10-16-38(17-11-33)31(41)29-24(2)36-23-37-25(29)3/h23,26-28,30,35H,5-22H2,1-4H3/t28-,30?/m0/s1. The minimum absolute atomic E-state index is 0.0314. The molecule has 10 nitrogen and oxygen atoms in total. The summed E-state index contributed by atoms with van der Waals surface area (Å²) in [6.07, 6.45) is 10.8. The van der Waals surface area contributed by atoms with Crippen molar-refractivity contribution in [1.29, 1.82) is 0 Å². The van der Waals surface area contributed by atoms with E-state index in [4.69, 9.17) is 9.47 Å². The second-order valence-corrected chi connectivity index (χ2v) is 14.5. The first-order chi connectivity index (χ1) is 21.2. The Kier molecular flexibility index (Phi) is 9.50. The molecule has 2 amide bonds. The lowest BCUT2D eigenvalue weighted by molar-refractivity contribution is -0.157. The third-order valence-corrected chi connectivity index (χ3v) is 11.9. The molecule has 1 N–H and O–H groups in total. The Labute approximate surface area is 263 Å². The number of hydrogen-bond donors (Lipinski definition) is 1. The van der Waals surface area contributed by atoms with E-state index in [1.165, 1.54) is 12.7 Å². The molecule has 44 heavy (non-hydrogen) atoms. The molecule has 0 bridgehead atoms. The maximum Gasteiger partial charge on any atom is 0.410 e. The van der Waals surface area contributed by atoms with E-state index in [2.05, 4.69) is 38.9 Å². The first-order valence-electron chi connectivity index (χ1n) is 17.4. The predicted octanol–water partition coefficient (Wildman–Crippen LogP) is 4.20. The Balaban J connectivity index is 1.11. The number of hydrogen-bond acceptors (Lipinski definition) is 8. The highest BCUT2D eigenvalue weighted by Crippen LogP contribution is 2.45. The lowest BCUT2D eigenvalue weighted by atomic mass is 9.73. The average Bonchev–Trinajstić information content (AvgIpc) is 3.00. The molecule has 0 aliphatic carbocycles.